The van der Waals surface area contributed by atoms with Gasteiger partial charge >= 0.3 is 5.97 Å². The fourth-order valence-electron chi connectivity index (χ4n) is 3.90. The van der Waals surface area contributed by atoms with Crippen molar-refractivity contribution in [3.63, 3.8) is 0 Å². The van der Waals surface area contributed by atoms with Gasteiger partial charge in [-0.1, -0.05) is 52.3 Å². The highest BCUT2D eigenvalue weighted by Gasteiger charge is 2.18. The largest absolute Gasteiger partial charge is 0.478 e. The smallest absolute Gasteiger partial charge is 0.335 e. The Morgan fingerprint density at radius 2 is 1.56 bits per heavy atom. The van der Waals surface area contributed by atoms with E-state index in [1.807, 2.05) is 24.3 Å². The van der Waals surface area contributed by atoms with Gasteiger partial charge in [-0.25, -0.2) is 4.79 Å². The topological polar surface area (TPSA) is 125 Å². The van der Waals surface area contributed by atoms with Crippen molar-refractivity contribution in [3.8, 4) is 0 Å². The third kappa shape index (κ3) is 8.91. The molecule has 4 aromatic carbocycles. The van der Waals surface area contributed by atoms with Gasteiger partial charge in [0.1, 0.15) is 5.70 Å². The molecule has 10 heteroatoms. The third-order valence-corrected chi connectivity index (χ3v) is 7.83. The molecule has 0 saturated heterocycles. The number of carboxylic acids is 1. The molecule has 0 heterocycles. The monoisotopic (exact) mass is 657 g/mol. The third-order valence-electron chi connectivity index (χ3n) is 6.23. The van der Waals surface area contributed by atoms with Crippen LogP contribution < -0.4 is 16.0 Å². The summed E-state index contributed by atoms with van der Waals surface area (Å²) in [6, 6.07) is 27.5. The minimum atomic E-state index is -1.07. The summed E-state index contributed by atoms with van der Waals surface area (Å²) in [5.41, 5.74) is 3.00. The number of amides is 3. The highest BCUT2D eigenvalue weighted by Crippen LogP contribution is 2.27. The van der Waals surface area contributed by atoms with Gasteiger partial charge < -0.3 is 21.1 Å². The molecule has 1 atom stereocenters. The summed E-state index contributed by atoms with van der Waals surface area (Å²) in [6.07, 6.45) is 1.60. The summed E-state index contributed by atoms with van der Waals surface area (Å²) in [5, 5.41) is 17.1. The van der Waals surface area contributed by atoms with Crippen molar-refractivity contribution in [1.29, 1.82) is 0 Å². The zero-order valence-electron chi connectivity index (χ0n) is 23.3. The summed E-state index contributed by atoms with van der Waals surface area (Å²) in [7, 11) is 0. The van der Waals surface area contributed by atoms with Gasteiger partial charge in [-0.05, 0) is 91.7 Å². The van der Waals surface area contributed by atoms with Crippen molar-refractivity contribution < 1.29 is 24.3 Å². The number of hydrogen-bond donors (Lipinski definition) is 4. The second-order valence-electron chi connectivity index (χ2n) is 9.50. The number of carbonyl (C=O) groups excluding carboxylic acids is 3. The van der Waals surface area contributed by atoms with Gasteiger partial charge in [0, 0.05) is 26.3 Å². The van der Waals surface area contributed by atoms with Crippen LogP contribution in [0.2, 0.25) is 0 Å². The fourth-order valence-corrected chi connectivity index (χ4v) is 5.19. The fraction of sp³-hybridized carbons (Fsp3) is 0.0909. The average molecular weight is 659 g/mol. The van der Waals surface area contributed by atoms with E-state index in [1.54, 1.807) is 80.6 Å². The van der Waals surface area contributed by atoms with Crippen LogP contribution in [0.4, 0.5) is 11.4 Å². The molecule has 0 bridgehead atoms. The molecule has 0 aliphatic rings. The van der Waals surface area contributed by atoms with Crippen LogP contribution in [0.3, 0.4) is 0 Å². The Kier molecular flexibility index (Phi) is 10.5. The first-order valence-corrected chi connectivity index (χ1v) is 14.8. The molecule has 8 nitrogen and oxygen atoms in total. The Labute approximate surface area is 261 Å². The van der Waals surface area contributed by atoms with Gasteiger partial charge in [0.2, 0.25) is 5.91 Å². The van der Waals surface area contributed by atoms with Crippen molar-refractivity contribution in [2.45, 2.75) is 24.0 Å². The molecule has 0 saturated carbocycles. The summed E-state index contributed by atoms with van der Waals surface area (Å²) in [5.74, 6) is -2.26. The van der Waals surface area contributed by atoms with Crippen molar-refractivity contribution in [3.05, 3.63) is 129 Å². The summed E-state index contributed by atoms with van der Waals surface area (Å²) in [4.78, 5) is 51.0. The van der Waals surface area contributed by atoms with E-state index in [2.05, 4.69) is 31.9 Å². The van der Waals surface area contributed by atoms with Crippen LogP contribution in [0.15, 0.2) is 112 Å². The maximum atomic E-state index is 13.3. The van der Waals surface area contributed by atoms with Crippen LogP contribution >= 0.6 is 27.7 Å². The van der Waals surface area contributed by atoms with E-state index in [0.717, 1.165) is 20.5 Å². The quantitative estimate of drug-likeness (QED) is 0.108. The van der Waals surface area contributed by atoms with E-state index in [9.17, 15) is 24.3 Å². The number of thioether (sulfide) groups is 1. The second kappa shape index (κ2) is 14.5. The molecule has 1 unspecified atom stereocenters. The normalized spacial score (nSPS) is 11.7. The molecule has 3 amide bonds. The summed E-state index contributed by atoms with van der Waals surface area (Å²) in [6.45, 7) is 3.54. The average Bonchev–Trinajstić information content (AvgIpc) is 2.99. The first-order valence-electron chi connectivity index (χ1n) is 13.2. The van der Waals surface area contributed by atoms with Gasteiger partial charge in [0.25, 0.3) is 11.8 Å². The van der Waals surface area contributed by atoms with E-state index in [4.69, 9.17) is 0 Å². The van der Waals surface area contributed by atoms with E-state index in [-0.39, 0.29) is 17.2 Å². The lowest BCUT2D eigenvalue weighted by Crippen LogP contribution is -2.30. The van der Waals surface area contributed by atoms with Crippen LogP contribution in [0, 0.1) is 6.92 Å². The standard InChI is InChI=1S/C33H28BrN3O5S/c1-20-11-12-24(33(41)42)19-28(20)36-30(38)21(2)43-27-15-13-26(14-16-27)35-32(40)29(18-22-7-6-10-25(34)17-22)37-31(39)23-8-4-3-5-9-23/h3-19,21H,1-2H3,(H,35,40)(H,36,38)(H,37,39)(H,41,42)/b29-18-. The highest BCUT2D eigenvalue weighted by atomic mass is 79.9. The number of rotatable bonds is 10. The molecular formula is C33H28BrN3O5S. The number of carboxylic acid groups (broad SMARTS) is 1. The van der Waals surface area contributed by atoms with Gasteiger partial charge in [0.05, 0.1) is 10.8 Å². The molecular weight excluding hydrogens is 630 g/mol. The van der Waals surface area contributed by atoms with E-state index in [1.165, 1.54) is 23.9 Å². The molecule has 218 valence electrons. The number of halogens is 1. The number of aryl methyl sites for hydroxylation is 1. The molecule has 0 fully saturated rings. The number of anilines is 2. The van der Waals surface area contributed by atoms with Crippen LogP contribution in [0.25, 0.3) is 6.08 Å². The Morgan fingerprint density at radius 3 is 2.23 bits per heavy atom. The Balaban J connectivity index is 1.43. The summed E-state index contributed by atoms with van der Waals surface area (Å²) < 4.78 is 0.829. The lowest BCUT2D eigenvalue weighted by molar-refractivity contribution is -0.115. The van der Waals surface area contributed by atoms with Crippen LogP contribution in [0.5, 0.6) is 0 Å². The minimum Gasteiger partial charge on any atom is -0.478 e. The molecule has 4 rings (SSSR count). The Hall–Kier alpha value is -4.67. The maximum Gasteiger partial charge on any atom is 0.335 e. The van der Waals surface area contributed by atoms with Gasteiger partial charge in [-0.2, -0.15) is 0 Å². The lowest BCUT2D eigenvalue weighted by atomic mass is 10.1. The number of aromatic carboxylic acids is 1. The predicted molar refractivity (Wildman–Crippen MR) is 173 cm³/mol. The number of hydrogen-bond acceptors (Lipinski definition) is 5. The summed E-state index contributed by atoms with van der Waals surface area (Å²) >= 11 is 4.74. The second-order valence-corrected chi connectivity index (χ2v) is 11.8. The number of benzene rings is 4. The first kappa shape index (κ1) is 31.3. The number of nitrogens with one attached hydrogen (secondary N) is 3. The van der Waals surface area contributed by atoms with E-state index >= 15 is 0 Å². The molecule has 0 radical (unpaired) electrons. The van der Waals surface area contributed by atoms with Crippen molar-refractivity contribution in [1.82, 2.24) is 5.32 Å². The van der Waals surface area contributed by atoms with Crippen LogP contribution in [-0.4, -0.2) is 34.0 Å². The Bertz CT molecular complexity index is 1690. The van der Waals surface area contributed by atoms with Crippen molar-refractivity contribution in [2.24, 2.45) is 0 Å². The van der Waals surface area contributed by atoms with Gasteiger partial charge in [0.15, 0.2) is 0 Å². The molecule has 0 aliphatic carbocycles. The van der Waals surface area contributed by atoms with E-state index in [0.29, 0.717) is 16.9 Å². The molecule has 4 aromatic rings. The molecule has 0 spiro atoms. The van der Waals surface area contributed by atoms with Gasteiger partial charge in [-0.15, -0.1) is 11.8 Å². The minimum absolute atomic E-state index is 0.0676. The van der Waals surface area contributed by atoms with Crippen molar-refractivity contribution in [2.75, 3.05) is 10.6 Å². The zero-order valence-corrected chi connectivity index (χ0v) is 25.7. The molecule has 0 aliphatic heterocycles. The van der Waals surface area contributed by atoms with E-state index < -0.39 is 23.0 Å². The maximum absolute atomic E-state index is 13.3. The Morgan fingerprint density at radius 1 is 0.837 bits per heavy atom. The SMILES string of the molecule is Cc1ccc(C(=O)O)cc1NC(=O)C(C)Sc1ccc(NC(=O)/C(=C/c2cccc(Br)c2)NC(=O)c2ccccc2)cc1. The molecule has 4 N–H and O–H groups in total. The predicted octanol–water partition coefficient (Wildman–Crippen LogP) is 6.98. The first-order chi connectivity index (χ1) is 20.6. The van der Waals surface area contributed by atoms with Crippen LogP contribution in [-0.2, 0) is 9.59 Å². The molecule has 0 aromatic heterocycles. The number of carbonyl (C=O) groups is 4. The van der Waals surface area contributed by atoms with Gasteiger partial charge in [-0.3, -0.25) is 14.4 Å². The lowest BCUT2D eigenvalue weighted by Gasteiger charge is -2.15. The van der Waals surface area contributed by atoms with Crippen molar-refractivity contribution >= 4 is 68.8 Å². The molecule has 43 heavy (non-hydrogen) atoms. The highest BCUT2D eigenvalue weighted by molar-refractivity contribution is 9.10. The zero-order chi connectivity index (χ0) is 30.9. The van der Waals surface area contributed by atoms with Crippen LogP contribution in [0.1, 0.15) is 38.8 Å².